The Bertz CT molecular complexity index is 352. The molecule has 1 rings (SSSR count). The van der Waals surface area contributed by atoms with E-state index in [1.54, 1.807) is 0 Å². The van der Waals surface area contributed by atoms with Crippen molar-refractivity contribution in [2.75, 3.05) is 5.73 Å². The number of nitrogen functional groups attached to an aromatic ring is 1. The van der Waals surface area contributed by atoms with E-state index in [0.717, 1.165) is 0 Å². The smallest absolute Gasteiger partial charge is 0.307 e. The normalized spacial score (nSPS) is 10.0. The third-order valence-electron chi connectivity index (χ3n) is 1.56. The lowest BCUT2D eigenvalue weighted by atomic mass is 10.1. The number of rotatable bonds is 2. The first-order valence-electron chi connectivity index (χ1n) is 3.46. The van der Waals surface area contributed by atoms with Gasteiger partial charge in [-0.15, -0.1) is 0 Å². The summed E-state index contributed by atoms with van der Waals surface area (Å²) in [7, 11) is 0. The third kappa shape index (κ3) is 2.26. The first-order valence-corrected chi connectivity index (χ1v) is 4.22. The predicted molar refractivity (Wildman–Crippen MR) is 52.2 cm³/mol. The van der Waals surface area contributed by atoms with E-state index in [9.17, 15) is 4.79 Å². The van der Waals surface area contributed by atoms with E-state index in [2.05, 4.69) is 0 Å². The minimum Gasteiger partial charge on any atom is -0.481 e. The molecule has 0 saturated heterocycles. The number of nitrogens with two attached hydrogens (primary N) is 1. The van der Waals surface area contributed by atoms with Crippen LogP contribution in [0.5, 0.6) is 0 Å². The zero-order valence-electron chi connectivity index (χ0n) is 6.55. The fraction of sp³-hybridized carbons (Fsp3) is 0.125. The summed E-state index contributed by atoms with van der Waals surface area (Å²) in [5, 5.41) is 9.07. The number of carboxylic acids is 1. The van der Waals surface area contributed by atoms with E-state index in [4.69, 9.17) is 34.0 Å². The molecule has 0 radical (unpaired) electrons. The molecular formula is C8H7Cl2NO2. The van der Waals surface area contributed by atoms with Crippen LogP contribution in [0.3, 0.4) is 0 Å². The Balaban J connectivity index is 3.17. The van der Waals surface area contributed by atoms with Crippen LogP contribution in [0.15, 0.2) is 12.1 Å². The van der Waals surface area contributed by atoms with Crippen LogP contribution >= 0.6 is 23.2 Å². The summed E-state index contributed by atoms with van der Waals surface area (Å²) in [4.78, 5) is 10.4. The topological polar surface area (TPSA) is 63.3 Å². The molecule has 3 N–H and O–H groups in total. The maximum Gasteiger partial charge on any atom is 0.307 e. The first-order chi connectivity index (χ1) is 6.02. The molecule has 3 nitrogen and oxygen atoms in total. The van der Waals surface area contributed by atoms with Gasteiger partial charge < -0.3 is 10.8 Å². The Labute approximate surface area is 85.1 Å². The summed E-state index contributed by atoms with van der Waals surface area (Å²) < 4.78 is 0. The monoisotopic (exact) mass is 219 g/mol. The van der Waals surface area contributed by atoms with Crippen LogP contribution in [0.1, 0.15) is 5.56 Å². The quantitative estimate of drug-likeness (QED) is 0.751. The van der Waals surface area contributed by atoms with Crippen molar-refractivity contribution >= 4 is 34.9 Å². The van der Waals surface area contributed by atoms with Crippen molar-refractivity contribution in [1.29, 1.82) is 0 Å². The summed E-state index contributed by atoms with van der Waals surface area (Å²) in [6.07, 6.45) is -0.217. The SMILES string of the molecule is Nc1ccc(Cl)c(Cl)c1CC(=O)O. The highest BCUT2D eigenvalue weighted by Gasteiger charge is 2.11. The van der Waals surface area contributed by atoms with E-state index >= 15 is 0 Å². The van der Waals surface area contributed by atoms with Crippen molar-refractivity contribution in [1.82, 2.24) is 0 Å². The van der Waals surface area contributed by atoms with Crippen LogP contribution in [-0.2, 0) is 11.2 Å². The molecule has 13 heavy (non-hydrogen) atoms. The highest BCUT2D eigenvalue weighted by molar-refractivity contribution is 6.42. The summed E-state index contributed by atoms with van der Waals surface area (Å²) in [5.74, 6) is -0.990. The highest BCUT2D eigenvalue weighted by Crippen LogP contribution is 2.30. The molecule has 1 aromatic carbocycles. The second-order valence-corrected chi connectivity index (χ2v) is 3.28. The molecule has 0 aliphatic carbocycles. The largest absolute Gasteiger partial charge is 0.481 e. The molecule has 70 valence electrons. The Hall–Kier alpha value is -0.930. The minimum absolute atomic E-state index is 0.212. The zero-order valence-corrected chi connectivity index (χ0v) is 8.06. The molecular weight excluding hydrogens is 213 g/mol. The molecule has 0 spiro atoms. The number of benzene rings is 1. The number of halogens is 2. The molecule has 0 aliphatic rings. The Morgan fingerprint density at radius 2 is 2.08 bits per heavy atom. The highest BCUT2D eigenvalue weighted by atomic mass is 35.5. The lowest BCUT2D eigenvalue weighted by molar-refractivity contribution is -0.136. The molecule has 0 aromatic heterocycles. The number of hydrogen-bond donors (Lipinski definition) is 2. The molecule has 1 aromatic rings. The van der Waals surface area contributed by atoms with Crippen LogP contribution in [0.4, 0.5) is 5.69 Å². The summed E-state index contributed by atoms with van der Waals surface area (Å²) in [6, 6.07) is 3.07. The average molecular weight is 220 g/mol. The van der Waals surface area contributed by atoms with Gasteiger partial charge in [-0.05, 0) is 12.1 Å². The lowest BCUT2D eigenvalue weighted by Gasteiger charge is -2.06. The summed E-state index contributed by atoms with van der Waals surface area (Å²) in [6.45, 7) is 0. The van der Waals surface area contributed by atoms with Crippen molar-refractivity contribution in [2.24, 2.45) is 0 Å². The van der Waals surface area contributed by atoms with E-state index < -0.39 is 5.97 Å². The zero-order chi connectivity index (χ0) is 10.0. The number of aliphatic carboxylic acids is 1. The van der Waals surface area contributed by atoms with Crippen molar-refractivity contribution in [2.45, 2.75) is 6.42 Å². The molecule has 0 aliphatic heterocycles. The molecule has 0 heterocycles. The Kier molecular flexibility index (Phi) is 3.01. The van der Waals surface area contributed by atoms with Gasteiger partial charge in [-0.25, -0.2) is 0 Å². The van der Waals surface area contributed by atoms with Gasteiger partial charge in [0.2, 0.25) is 0 Å². The molecule has 0 atom stereocenters. The van der Waals surface area contributed by atoms with Gasteiger partial charge in [-0.2, -0.15) is 0 Å². The van der Waals surface area contributed by atoms with Gasteiger partial charge >= 0.3 is 5.97 Å². The second-order valence-electron chi connectivity index (χ2n) is 2.50. The van der Waals surface area contributed by atoms with Crippen molar-refractivity contribution < 1.29 is 9.90 Å². The number of anilines is 1. The first kappa shape index (κ1) is 10.2. The Morgan fingerprint density at radius 1 is 1.46 bits per heavy atom. The van der Waals surface area contributed by atoms with Crippen LogP contribution in [0.2, 0.25) is 10.0 Å². The fourth-order valence-corrected chi connectivity index (χ4v) is 1.35. The van der Waals surface area contributed by atoms with Gasteiger partial charge in [-0.3, -0.25) is 4.79 Å². The van der Waals surface area contributed by atoms with E-state index in [-0.39, 0.29) is 11.4 Å². The minimum atomic E-state index is -0.990. The lowest BCUT2D eigenvalue weighted by Crippen LogP contribution is -2.04. The van der Waals surface area contributed by atoms with Gasteiger partial charge in [-0.1, -0.05) is 23.2 Å². The van der Waals surface area contributed by atoms with Gasteiger partial charge in [0.25, 0.3) is 0 Å². The molecule has 0 fully saturated rings. The van der Waals surface area contributed by atoms with Crippen molar-refractivity contribution in [3.8, 4) is 0 Å². The van der Waals surface area contributed by atoms with Gasteiger partial charge in [0.15, 0.2) is 0 Å². The van der Waals surface area contributed by atoms with Gasteiger partial charge in [0.05, 0.1) is 16.5 Å². The summed E-state index contributed by atoms with van der Waals surface area (Å²) in [5.41, 5.74) is 6.24. The van der Waals surface area contributed by atoms with E-state index in [1.807, 2.05) is 0 Å². The van der Waals surface area contributed by atoms with Crippen LogP contribution < -0.4 is 5.73 Å². The molecule has 0 unspecified atom stereocenters. The number of carbonyl (C=O) groups is 1. The molecule has 5 heteroatoms. The van der Waals surface area contributed by atoms with Crippen LogP contribution in [-0.4, -0.2) is 11.1 Å². The van der Waals surface area contributed by atoms with Gasteiger partial charge in [0, 0.05) is 11.3 Å². The van der Waals surface area contributed by atoms with E-state index in [1.165, 1.54) is 12.1 Å². The molecule has 0 saturated carbocycles. The Morgan fingerprint density at radius 3 is 2.62 bits per heavy atom. The second kappa shape index (κ2) is 3.85. The fourth-order valence-electron chi connectivity index (χ4n) is 0.938. The van der Waals surface area contributed by atoms with Crippen molar-refractivity contribution in [3.63, 3.8) is 0 Å². The third-order valence-corrected chi connectivity index (χ3v) is 2.40. The average Bonchev–Trinajstić information content (AvgIpc) is 2.05. The number of carboxylic acid groups (broad SMARTS) is 1. The maximum atomic E-state index is 10.4. The van der Waals surface area contributed by atoms with Crippen LogP contribution in [0.25, 0.3) is 0 Å². The number of hydrogen-bond acceptors (Lipinski definition) is 2. The summed E-state index contributed by atoms with van der Waals surface area (Å²) >= 11 is 11.5. The predicted octanol–water partition coefficient (Wildman–Crippen LogP) is 2.20. The van der Waals surface area contributed by atoms with E-state index in [0.29, 0.717) is 16.3 Å². The standard InChI is InChI=1S/C8H7Cl2NO2/c9-5-1-2-6(11)4(8(5)10)3-7(12)13/h1-2H,3,11H2,(H,12,13). The van der Waals surface area contributed by atoms with Crippen LogP contribution in [0, 0.1) is 0 Å². The van der Waals surface area contributed by atoms with Gasteiger partial charge in [0.1, 0.15) is 0 Å². The molecule has 0 amide bonds. The van der Waals surface area contributed by atoms with Crippen molar-refractivity contribution in [3.05, 3.63) is 27.7 Å². The maximum absolute atomic E-state index is 10.4. The molecule has 0 bridgehead atoms.